The van der Waals surface area contributed by atoms with Gasteiger partial charge in [0, 0.05) is 12.0 Å². The number of carbonyl (C=O) groups is 1. The van der Waals surface area contributed by atoms with Crippen molar-refractivity contribution in [2.45, 2.75) is 23.8 Å². The maximum absolute atomic E-state index is 12.3. The van der Waals surface area contributed by atoms with Crippen molar-refractivity contribution >= 4 is 17.7 Å². The van der Waals surface area contributed by atoms with Crippen LogP contribution in [-0.2, 0) is 0 Å². The van der Waals surface area contributed by atoms with Crippen molar-refractivity contribution in [1.29, 1.82) is 0 Å². The summed E-state index contributed by atoms with van der Waals surface area (Å²) < 4.78 is 6.81. The van der Waals surface area contributed by atoms with Crippen molar-refractivity contribution in [2.24, 2.45) is 0 Å². The lowest BCUT2D eigenvalue weighted by atomic mass is 10.1. The Morgan fingerprint density at radius 3 is 2.82 bits per heavy atom. The molecule has 0 saturated heterocycles. The molecule has 0 aliphatic carbocycles. The van der Waals surface area contributed by atoms with Crippen LogP contribution in [0.5, 0.6) is 0 Å². The molecule has 1 aliphatic rings. The molecule has 1 unspecified atom stereocenters. The fourth-order valence-corrected chi connectivity index (χ4v) is 3.52. The Balaban J connectivity index is 1.69. The highest BCUT2D eigenvalue weighted by atomic mass is 32.2. The number of thioether (sulfide) groups is 1. The lowest BCUT2D eigenvalue weighted by Crippen LogP contribution is -2.20. The number of aromatic nitrogens is 3. The molecule has 0 N–H and O–H groups in total. The Bertz CT molecular complexity index is 822. The Morgan fingerprint density at radius 2 is 2.09 bits per heavy atom. The highest BCUT2D eigenvalue weighted by Gasteiger charge is 2.31. The van der Waals surface area contributed by atoms with Gasteiger partial charge in [0.15, 0.2) is 11.0 Å². The molecule has 3 heterocycles. The van der Waals surface area contributed by atoms with Gasteiger partial charge in [-0.15, -0.1) is 5.10 Å². The minimum atomic E-state index is -0.0546. The Morgan fingerprint density at radius 1 is 1.27 bits per heavy atom. The first-order chi connectivity index (χ1) is 10.7. The quantitative estimate of drug-likeness (QED) is 0.722. The van der Waals surface area contributed by atoms with Crippen molar-refractivity contribution in [3.63, 3.8) is 0 Å². The molecule has 22 heavy (non-hydrogen) atoms. The molecule has 1 aromatic carbocycles. The van der Waals surface area contributed by atoms with Crippen LogP contribution in [-0.4, -0.2) is 20.7 Å². The number of hydrogen-bond donors (Lipinski definition) is 0. The summed E-state index contributed by atoms with van der Waals surface area (Å²) in [6, 6.07) is 11.7. The van der Waals surface area contributed by atoms with Crippen LogP contribution in [0.25, 0.3) is 11.4 Å². The van der Waals surface area contributed by atoms with Crippen LogP contribution in [0.4, 0.5) is 0 Å². The SMILES string of the molecule is Cc1ccc(-c2nc3n(n2)C(=O)CC(c2ccco2)S3)cc1. The number of carbonyl (C=O) groups excluding carboxylic acids is 1. The number of furan rings is 1. The van der Waals surface area contributed by atoms with E-state index in [4.69, 9.17) is 4.42 Å². The van der Waals surface area contributed by atoms with Crippen molar-refractivity contribution in [3.05, 3.63) is 54.0 Å². The monoisotopic (exact) mass is 311 g/mol. The van der Waals surface area contributed by atoms with Gasteiger partial charge in [-0.05, 0) is 19.1 Å². The summed E-state index contributed by atoms with van der Waals surface area (Å²) >= 11 is 1.51. The molecular formula is C16H13N3O2S. The molecule has 1 aliphatic heterocycles. The maximum atomic E-state index is 12.3. The molecule has 6 heteroatoms. The maximum Gasteiger partial charge on any atom is 0.250 e. The predicted octanol–water partition coefficient (Wildman–Crippen LogP) is 3.72. The summed E-state index contributed by atoms with van der Waals surface area (Å²) in [5.41, 5.74) is 2.09. The third-order valence-corrected chi connectivity index (χ3v) is 4.75. The molecule has 0 spiro atoms. The topological polar surface area (TPSA) is 60.9 Å². The summed E-state index contributed by atoms with van der Waals surface area (Å²) in [5.74, 6) is 1.32. The van der Waals surface area contributed by atoms with E-state index >= 15 is 0 Å². The zero-order valence-corrected chi connectivity index (χ0v) is 12.7. The van der Waals surface area contributed by atoms with Crippen LogP contribution in [0.1, 0.15) is 27.8 Å². The Hall–Kier alpha value is -2.34. The molecule has 0 bridgehead atoms. The van der Waals surface area contributed by atoms with Gasteiger partial charge in [0.25, 0.3) is 5.91 Å². The van der Waals surface area contributed by atoms with Crippen LogP contribution in [0, 0.1) is 6.92 Å². The zero-order valence-electron chi connectivity index (χ0n) is 11.9. The minimum Gasteiger partial charge on any atom is -0.468 e. The van der Waals surface area contributed by atoms with Gasteiger partial charge in [0.2, 0.25) is 0 Å². The average molecular weight is 311 g/mol. The highest BCUT2D eigenvalue weighted by molar-refractivity contribution is 7.99. The number of benzene rings is 1. The van der Waals surface area contributed by atoms with Gasteiger partial charge < -0.3 is 4.42 Å². The van der Waals surface area contributed by atoms with Crippen LogP contribution in [0.3, 0.4) is 0 Å². The largest absolute Gasteiger partial charge is 0.468 e. The molecule has 110 valence electrons. The van der Waals surface area contributed by atoms with Crippen LogP contribution < -0.4 is 0 Å². The molecule has 2 aromatic heterocycles. The van der Waals surface area contributed by atoms with Gasteiger partial charge in [-0.25, -0.2) is 4.98 Å². The molecule has 5 nitrogen and oxygen atoms in total. The average Bonchev–Trinajstić information content (AvgIpc) is 3.17. The molecule has 1 atom stereocenters. The zero-order chi connectivity index (χ0) is 15.1. The van der Waals surface area contributed by atoms with Gasteiger partial charge in [0.1, 0.15) is 5.76 Å². The van der Waals surface area contributed by atoms with Crippen molar-refractivity contribution < 1.29 is 9.21 Å². The first kappa shape index (κ1) is 13.3. The summed E-state index contributed by atoms with van der Waals surface area (Å²) in [6.07, 6.45) is 1.99. The van der Waals surface area contributed by atoms with E-state index in [0.29, 0.717) is 17.4 Å². The molecule has 0 fully saturated rings. The summed E-state index contributed by atoms with van der Waals surface area (Å²) in [5, 5.41) is 4.93. The van der Waals surface area contributed by atoms with Gasteiger partial charge >= 0.3 is 0 Å². The van der Waals surface area contributed by atoms with Gasteiger partial charge in [-0.3, -0.25) is 4.79 Å². The number of hydrogen-bond acceptors (Lipinski definition) is 5. The lowest BCUT2D eigenvalue weighted by molar-refractivity contribution is 0.0865. The first-order valence-electron chi connectivity index (χ1n) is 6.98. The Labute approximate surface area is 131 Å². The molecule has 0 amide bonds. The third kappa shape index (κ3) is 2.25. The standard InChI is InChI=1S/C16H13N3O2S/c1-10-4-6-11(7-5-10)15-17-16-19(18-15)14(20)9-13(22-16)12-3-2-8-21-12/h2-8,13H,9H2,1H3. The van der Waals surface area contributed by atoms with Crippen LogP contribution in [0.2, 0.25) is 0 Å². The van der Waals surface area contributed by atoms with Crippen molar-refractivity contribution in [2.75, 3.05) is 0 Å². The number of rotatable bonds is 2. The van der Waals surface area contributed by atoms with E-state index in [1.807, 2.05) is 43.3 Å². The van der Waals surface area contributed by atoms with Crippen molar-refractivity contribution in [3.8, 4) is 11.4 Å². The van der Waals surface area contributed by atoms with Crippen LogP contribution >= 0.6 is 11.8 Å². The fourth-order valence-electron chi connectivity index (χ4n) is 2.41. The summed E-state index contributed by atoms with van der Waals surface area (Å²) in [4.78, 5) is 16.8. The van der Waals surface area contributed by atoms with E-state index in [0.717, 1.165) is 11.3 Å². The number of nitrogens with zero attached hydrogens (tertiary/aromatic N) is 3. The third-order valence-electron chi connectivity index (χ3n) is 3.59. The van der Waals surface area contributed by atoms with Crippen molar-refractivity contribution in [1.82, 2.24) is 14.8 Å². The smallest absolute Gasteiger partial charge is 0.250 e. The van der Waals surface area contributed by atoms with Gasteiger partial charge in [0.05, 0.1) is 11.5 Å². The second kappa shape index (κ2) is 5.14. The minimum absolute atomic E-state index is 0.0370. The van der Waals surface area contributed by atoms with Crippen LogP contribution in [0.15, 0.2) is 52.2 Å². The van der Waals surface area contributed by atoms with Gasteiger partial charge in [-0.2, -0.15) is 4.68 Å². The summed E-state index contributed by atoms with van der Waals surface area (Å²) in [6.45, 7) is 2.03. The van der Waals surface area contributed by atoms with E-state index in [9.17, 15) is 4.79 Å². The first-order valence-corrected chi connectivity index (χ1v) is 7.86. The Kier molecular flexibility index (Phi) is 3.11. The van der Waals surface area contributed by atoms with Gasteiger partial charge in [-0.1, -0.05) is 41.6 Å². The number of fused-ring (bicyclic) bond motifs is 1. The van der Waals surface area contributed by atoms with E-state index in [1.54, 1.807) is 6.26 Å². The van der Waals surface area contributed by atoms with E-state index in [2.05, 4.69) is 10.1 Å². The molecule has 0 saturated carbocycles. The predicted molar refractivity (Wildman–Crippen MR) is 82.7 cm³/mol. The van der Waals surface area contributed by atoms with E-state index in [1.165, 1.54) is 22.0 Å². The molecule has 3 aromatic rings. The van der Waals surface area contributed by atoms with E-state index in [-0.39, 0.29) is 11.2 Å². The second-order valence-corrected chi connectivity index (χ2v) is 6.39. The lowest BCUT2D eigenvalue weighted by Gasteiger charge is -2.17. The molecule has 4 rings (SSSR count). The normalized spacial score (nSPS) is 17.5. The fraction of sp³-hybridized carbons (Fsp3) is 0.188. The highest BCUT2D eigenvalue weighted by Crippen LogP contribution is 2.41. The second-order valence-electron chi connectivity index (χ2n) is 5.22. The summed E-state index contributed by atoms with van der Waals surface area (Å²) in [7, 11) is 0. The molecule has 0 radical (unpaired) electrons. The number of aryl methyl sites for hydroxylation is 1. The molecular weight excluding hydrogens is 298 g/mol. The van der Waals surface area contributed by atoms with E-state index < -0.39 is 0 Å².